The first-order valence-corrected chi connectivity index (χ1v) is 7.59. The molecule has 0 aliphatic heterocycles. The van der Waals surface area contributed by atoms with Crippen LogP contribution in [0, 0.1) is 0 Å². The van der Waals surface area contributed by atoms with E-state index in [9.17, 15) is 4.79 Å². The first-order chi connectivity index (χ1) is 9.51. The molecule has 20 heavy (non-hydrogen) atoms. The summed E-state index contributed by atoms with van der Waals surface area (Å²) in [6.07, 6.45) is 0. The van der Waals surface area contributed by atoms with E-state index in [2.05, 4.69) is 15.9 Å². The lowest BCUT2D eigenvalue weighted by atomic mass is 10.2. The van der Waals surface area contributed by atoms with E-state index in [0.29, 0.717) is 6.54 Å². The van der Waals surface area contributed by atoms with Crippen molar-refractivity contribution in [1.82, 2.24) is 9.80 Å². The monoisotopic (exact) mass is 342 g/mol. The zero-order valence-corrected chi connectivity index (χ0v) is 14.2. The van der Waals surface area contributed by atoms with Gasteiger partial charge in [0.05, 0.1) is 18.1 Å². The van der Waals surface area contributed by atoms with Gasteiger partial charge in [-0.1, -0.05) is 6.07 Å². The smallest absolute Gasteiger partial charge is 0.236 e. The van der Waals surface area contributed by atoms with Crippen LogP contribution in [0.3, 0.4) is 0 Å². The van der Waals surface area contributed by atoms with Crippen molar-refractivity contribution in [3.63, 3.8) is 0 Å². The van der Waals surface area contributed by atoms with Crippen molar-refractivity contribution >= 4 is 21.8 Å². The number of halogens is 1. The summed E-state index contributed by atoms with van der Waals surface area (Å²) in [5.41, 5.74) is 1.15. The lowest BCUT2D eigenvalue weighted by Crippen LogP contribution is -2.38. The van der Waals surface area contributed by atoms with Crippen LogP contribution in [0.1, 0.15) is 19.4 Å². The Bertz CT molecular complexity index is 447. The van der Waals surface area contributed by atoms with Crippen LogP contribution in [0.5, 0.6) is 5.75 Å². The van der Waals surface area contributed by atoms with E-state index in [1.54, 1.807) is 7.11 Å². The maximum Gasteiger partial charge on any atom is 0.236 e. The quantitative estimate of drug-likeness (QED) is 0.763. The molecule has 0 bridgehead atoms. The van der Waals surface area contributed by atoms with Crippen LogP contribution in [0.15, 0.2) is 22.7 Å². The summed E-state index contributed by atoms with van der Waals surface area (Å²) < 4.78 is 6.14. The fourth-order valence-corrected chi connectivity index (χ4v) is 2.67. The van der Waals surface area contributed by atoms with Gasteiger partial charge in [-0.2, -0.15) is 0 Å². The molecule has 0 unspecified atom stereocenters. The van der Waals surface area contributed by atoms with Crippen LogP contribution >= 0.6 is 15.9 Å². The third-order valence-electron chi connectivity index (χ3n) is 3.19. The molecule has 1 amide bonds. The highest BCUT2D eigenvalue weighted by molar-refractivity contribution is 9.10. The topological polar surface area (TPSA) is 32.8 Å². The number of amides is 1. The summed E-state index contributed by atoms with van der Waals surface area (Å²) in [5, 5.41) is 0. The molecule has 1 aromatic carbocycles. The number of benzene rings is 1. The Morgan fingerprint density at radius 3 is 2.45 bits per heavy atom. The predicted octanol–water partition coefficient (Wildman–Crippen LogP) is 2.76. The van der Waals surface area contributed by atoms with Gasteiger partial charge in [0.1, 0.15) is 5.75 Å². The van der Waals surface area contributed by atoms with Crippen LogP contribution in [0.2, 0.25) is 0 Å². The second kappa shape index (κ2) is 8.27. The maximum atomic E-state index is 12.0. The van der Waals surface area contributed by atoms with Gasteiger partial charge in [0.15, 0.2) is 0 Å². The molecule has 112 valence electrons. The molecule has 0 radical (unpaired) electrons. The van der Waals surface area contributed by atoms with Crippen LogP contribution in [-0.4, -0.2) is 49.5 Å². The van der Waals surface area contributed by atoms with E-state index in [1.807, 2.05) is 48.9 Å². The van der Waals surface area contributed by atoms with Gasteiger partial charge in [0, 0.05) is 19.6 Å². The number of hydrogen-bond acceptors (Lipinski definition) is 3. The fourth-order valence-electron chi connectivity index (χ4n) is 2.08. The summed E-state index contributed by atoms with van der Waals surface area (Å²) in [5.74, 6) is 0.987. The molecule has 5 heteroatoms. The fraction of sp³-hybridized carbons (Fsp3) is 0.533. The summed E-state index contributed by atoms with van der Waals surface area (Å²) >= 11 is 3.48. The standard InChI is InChI=1S/C15H23BrN2O2/c1-5-18(6-2)15(19)11-17(3)10-12-7-8-14(20-4)13(16)9-12/h7-9H,5-6,10-11H2,1-4H3. The Kier molecular flexibility index (Phi) is 7.02. The van der Waals surface area contributed by atoms with Crippen molar-refractivity contribution in [2.75, 3.05) is 33.8 Å². The molecule has 0 heterocycles. The molecule has 1 rings (SSSR count). The molecule has 0 saturated carbocycles. The SMILES string of the molecule is CCN(CC)C(=O)CN(C)Cc1ccc(OC)c(Br)c1. The summed E-state index contributed by atoms with van der Waals surface area (Å²) in [7, 11) is 3.61. The molecule has 0 atom stereocenters. The summed E-state index contributed by atoms with van der Waals surface area (Å²) in [4.78, 5) is 15.9. The zero-order valence-electron chi connectivity index (χ0n) is 12.6. The number of likely N-dealkylation sites (N-methyl/N-ethyl adjacent to an activating group) is 2. The molecular weight excluding hydrogens is 320 g/mol. The molecule has 1 aromatic rings. The number of carbonyl (C=O) groups excluding carboxylic acids is 1. The van der Waals surface area contributed by atoms with Gasteiger partial charge < -0.3 is 9.64 Å². The van der Waals surface area contributed by atoms with Gasteiger partial charge in [-0.05, 0) is 54.5 Å². The number of carbonyl (C=O) groups is 1. The van der Waals surface area contributed by atoms with Crippen LogP contribution in [0.4, 0.5) is 0 Å². The number of ether oxygens (including phenoxy) is 1. The van der Waals surface area contributed by atoms with Crippen molar-refractivity contribution in [3.05, 3.63) is 28.2 Å². The van der Waals surface area contributed by atoms with Crippen LogP contribution in [0.25, 0.3) is 0 Å². The van der Waals surface area contributed by atoms with Gasteiger partial charge in [-0.3, -0.25) is 9.69 Å². The third-order valence-corrected chi connectivity index (χ3v) is 3.81. The molecular formula is C15H23BrN2O2. The van der Waals surface area contributed by atoms with Crippen molar-refractivity contribution in [2.24, 2.45) is 0 Å². The van der Waals surface area contributed by atoms with Gasteiger partial charge in [-0.25, -0.2) is 0 Å². The average molecular weight is 343 g/mol. The Balaban J connectivity index is 2.60. The van der Waals surface area contributed by atoms with E-state index in [4.69, 9.17) is 4.74 Å². The summed E-state index contributed by atoms with van der Waals surface area (Å²) in [6, 6.07) is 5.97. The molecule has 0 aliphatic rings. The molecule has 0 fully saturated rings. The Labute approximate surface area is 129 Å². The largest absolute Gasteiger partial charge is 0.496 e. The van der Waals surface area contributed by atoms with Crippen molar-refractivity contribution < 1.29 is 9.53 Å². The average Bonchev–Trinajstić information content (AvgIpc) is 2.40. The van der Waals surface area contributed by atoms with Crippen molar-refractivity contribution in [1.29, 1.82) is 0 Å². The highest BCUT2D eigenvalue weighted by Crippen LogP contribution is 2.25. The first kappa shape index (κ1) is 17.0. The predicted molar refractivity (Wildman–Crippen MR) is 85.0 cm³/mol. The van der Waals surface area contributed by atoms with Crippen LogP contribution in [-0.2, 0) is 11.3 Å². The van der Waals surface area contributed by atoms with E-state index in [1.165, 1.54) is 0 Å². The highest BCUT2D eigenvalue weighted by Gasteiger charge is 2.13. The molecule has 0 aromatic heterocycles. The van der Waals surface area contributed by atoms with E-state index >= 15 is 0 Å². The van der Waals surface area contributed by atoms with Gasteiger partial charge in [-0.15, -0.1) is 0 Å². The number of hydrogen-bond donors (Lipinski definition) is 0. The Morgan fingerprint density at radius 1 is 1.30 bits per heavy atom. The van der Waals surface area contributed by atoms with Crippen LogP contribution < -0.4 is 4.74 Å². The van der Waals surface area contributed by atoms with Gasteiger partial charge in [0.2, 0.25) is 5.91 Å². The van der Waals surface area contributed by atoms with Crippen molar-refractivity contribution in [2.45, 2.75) is 20.4 Å². The Hall–Kier alpha value is -1.07. The molecule has 0 aliphatic carbocycles. The summed E-state index contributed by atoms with van der Waals surface area (Å²) in [6.45, 7) is 6.69. The molecule has 0 spiro atoms. The minimum atomic E-state index is 0.171. The third kappa shape index (κ3) is 4.80. The number of methoxy groups -OCH3 is 1. The van der Waals surface area contributed by atoms with Crippen molar-refractivity contribution in [3.8, 4) is 5.75 Å². The lowest BCUT2D eigenvalue weighted by molar-refractivity contribution is -0.131. The molecule has 0 N–H and O–H groups in total. The second-order valence-electron chi connectivity index (χ2n) is 4.71. The zero-order chi connectivity index (χ0) is 15.1. The Morgan fingerprint density at radius 2 is 1.95 bits per heavy atom. The van der Waals surface area contributed by atoms with Gasteiger partial charge >= 0.3 is 0 Å². The lowest BCUT2D eigenvalue weighted by Gasteiger charge is -2.23. The number of nitrogens with zero attached hydrogens (tertiary/aromatic N) is 2. The second-order valence-corrected chi connectivity index (χ2v) is 5.56. The van der Waals surface area contributed by atoms with E-state index in [-0.39, 0.29) is 5.91 Å². The molecule has 4 nitrogen and oxygen atoms in total. The minimum absolute atomic E-state index is 0.171. The molecule has 0 saturated heterocycles. The highest BCUT2D eigenvalue weighted by atomic mass is 79.9. The van der Waals surface area contributed by atoms with Gasteiger partial charge in [0.25, 0.3) is 0 Å². The normalized spacial score (nSPS) is 10.7. The number of rotatable bonds is 7. The van der Waals surface area contributed by atoms with E-state index in [0.717, 1.165) is 35.4 Å². The maximum absolute atomic E-state index is 12.0. The first-order valence-electron chi connectivity index (χ1n) is 6.80. The minimum Gasteiger partial charge on any atom is -0.496 e. The van der Waals surface area contributed by atoms with E-state index < -0.39 is 0 Å².